The second-order valence-corrected chi connectivity index (χ2v) is 10.1. The second kappa shape index (κ2) is 8.43. The van der Waals surface area contributed by atoms with Crippen LogP contribution in [0.5, 0.6) is 0 Å². The number of hydrogen-bond acceptors (Lipinski definition) is 7. The number of hydrogen-bond donors (Lipinski definition) is 1. The fourth-order valence-corrected chi connectivity index (χ4v) is 4.43. The van der Waals surface area contributed by atoms with Crippen LogP contribution in [0.25, 0.3) is 0 Å². The van der Waals surface area contributed by atoms with Gasteiger partial charge in [-0.25, -0.2) is 22.7 Å². The monoisotopic (exact) mass is 474 g/mol. The van der Waals surface area contributed by atoms with E-state index < -0.39 is 27.6 Å². The first-order valence-electron chi connectivity index (χ1n) is 10.0. The number of nitrogens with one attached hydrogen (secondary N) is 1. The van der Waals surface area contributed by atoms with Gasteiger partial charge in [-0.1, -0.05) is 0 Å². The summed E-state index contributed by atoms with van der Waals surface area (Å²) in [4.78, 5) is 13.6. The molecule has 3 heterocycles. The lowest BCUT2D eigenvalue weighted by atomic mass is 10.0. The van der Waals surface area contributed by atoms with Gasteiger partial charge in [0.05, 0.1) is 24.1 Å². The van der Waals surface area contributed by atoms with E-state index in [0.29, 0.717) is 25.3 Å². The Bertz CT molecular complexity index is 1070. The van der Waals surface area contributed by atoms with Gasteiger partial charge in [-0.2, -0.15) is 17.6 Å². The first kappa shape index (κ1) is 22.6. The molecule has 0 bridgehead atoms. The lowest BCUT2D eigenvalue weighted by molar-refractivity contribution is -0.137. The van der Waals surface area contributed by atoms with Crippen molar-refractivity contribution in [3.63, 3.8) is 0 Å². The van der Waals surface area contributed by atoms with E-state index in [1.165, 1.54) is 16.7 Å². The van der Waals surface area contributed by atoms with Crippen molar-refractivity contribution in [2.75, 3.05) is 36.1 Å². The lowest BCUT2D eigenvalue weighted by Crippen LogP contribution is -2.51. The van der Waals surface area contributed by atoms with E-state index in [4.69, 9.17) is 0 Å². The van der Waals surface area contributed by atoms with Crippen molar-refractivity contribution in [1.82, 2.24) is 19.3 Å². The van der Waals surface area contributed by atoms with Gasteiger partial charge in [0.2, 0.25) is 15.8 Å². The average Bonchev–Trinajstić information content (AvgIpc) is 3.50. The molecule has 1 saturated heterocycles. The molecule has 174 valence electrons. The number of pyridine rings is 1. The summed E-state index contributed by atoms with van der Waals surface area (Å²) >= 11 is 0. The number of aromatic nitrogens is 3. The number of nitrogens with zero attached hydrogens (tertiary/aromatic N) is 5. The molecule has 0 atom stereocenters. The quantitative estimate of drug-likeness (QED) is 0.588. The number of halogens is 4. The molecule has 0 amide bonds. The number of sulfonamides is 1. The van der Waals surface area contributed by atoms with E-state index in [1.54, 1.807) is 4.90 Å². The molecule has 2 aromatic rings. The van der Waals surface area contributed by atoms with E-state index in [-0.39, 0.29) is 30.1 Å². The van der Waals surface area contributed by atoms with Crippen molar-refractivity contribution in [3.05, 3.63) is 41.7 Å². The fraction of sp³-hybridized carbons (Fsp3) is 0.526. The van der Waals surface area contributed by atoms with Gasteiger partial charge in [-0.05, 0) is 25.0 Å². The minimum Gasteiger partial charge on any atom is -0.367 e. The Balaban J connectivity index is 1.44. The van der Waals surface area contributed by atoms with E-state index in [1.807, 2.05) is 0 Å². The Morgan fingerprint density at radius 2 is 1.91 bits per heavy atom. The van der Waals surface area contributed by atoms with Crippen LogP contribution in [0.4, 0.5) is 29.2 Å². The standard InChI is InChI=1S/C19H22F4N6O2S/c1-32(30,31)28-8-12(9-28)6-25-17-16(20)18(27-11-26-17)29(15-4-5-15)10-14-3-2-13(7-24-14)19(21,22)23/h2-3,7,11-12,15H,4-6,8-10H2,1H3,(H,25,26,27). The third-order valence-electron chi connectivity index (χ3n) is 5.47. The summed E-state index contributed by atoms with van der Waals surface area (Å²) < 4.78 is 77.7. The third-order valence-corrected chi connectivity index (χ3v) is 6.70. The van der Waals surface area contributed by atoms with Gasteiger partial charge >= 0.3 is 6.18 Å². The molecular formula is C19H22F4N6O2S. The number of rotatable bonds is 8. The smallest absolute Gasteiger partial charge is 0.367 e. The molecule has 0 spiro atoms. The largest absolute Gasteiger partial charge is 0.417 e. The molecule has 1 saturated carbocycles. The van der Waals surface area contributed by atoms with E-state index in [0.717, 1.165) is 31.4 Å². The molecule has 1 aliphatic heterocycles. The summed E-state index contributed by atoms with van der Waals surface area (Å²) in [5, 5.41) is 2.91. The minimum absolute atomic E-state index is 0.00108. The summed E-state index contributed by atoms with van der Waals surface area (Å²) in [6.45, 7) is 1.18. The first-order valence-corrected chi connectivity index (χ1v) is 11.9. The molecule has 2 aliphatic rings. The minimum atomic E-state index is -4.47. The summed E-state index contributed by atoms with van der Waals surface area (Å²) in [5.41, 5.74) is -0.475. The van der Waals surface area contributed by atoms with E-state index in [9.17, 15) is 21.6 Å². The maximum atomic E-state index is 15.2. The van der Waals surface area contributed by atoms with Gasteiger partial charge in [-0.15, -0.1) is 0 Å². The molecule has 8 nitrogen and oxygen atoms in total. The molecular weight excluding hydrogens is 452 g/mol. The van der Waals surface area contributed by atoms with Gasteiger partial charge < -0.3 is 10.2 Å². The predicted octanol–water partition coefficient (Wildman–Crippen LogP) is 2.50. The Morgan fingerprint density at radius 1 is 1.19 bits per heavy atom. The third kappa shape index (κ3) is 5.09. The van der Waals surface area contributed by atoms with Crippen LogP contribution in [0.2, 0.25) is 0 Å². The molecule has 0 unspecified atom stereocenters. The summed E-state index contributed by atoms with van der Waals surface area (Å²) in [6.07, 6.45) is 0.291. The fourth-order valence-electron chi connectivity index (χ4n) is 3.47. The van der Waals surface area contributed by atoms with Crippen molar-refractivity contribution in [1.29, 1.82) is 0 Å². The first-order chi connectivity index (χ1) is 15.0. The Hall–Kier alpha value is -2.54. The maximum Gasteiger partial charge on any atom is 0.417 e. The zero-order valence-corrected chi connectivity index (χ0v) is 18.0. The zero-order chi connectivity index (χ0) is 23.1. The SMILES string of the molecule is CS(=O)(=O)N1CC(CNc2ncnc(N(Cc3ccc(C(F)(F)F)cn3)C3CC3)c2F)C1. The summed E-state index contributed by atoms with van der Waals surface area (Å²) in [5.74, 6) is -0.569. The van der Waals surface area contributed by atoms with Crippen LogP contribution in [-0.2, 0) is 22.7 Å². The second-order valence-electron chi connectivity index (χ2n) is 8.08. The van der Waals surface area contributed by atoms with Gasteiger partial charge in [0, 0.05) is 37.8 Å². The molecule has 32 heavy (non-hydrogen) atoms. The van der Waals surface area contributed by atoms with Gasteiger partial charge in [0.25, 0.3) is 0 Å². The molecule has 1 N–H and O–H groups in total. The molecule has 0 radical (unpaired) electrons. The van der Waals surface area contributed by atoms with E-state index >= 15 is 4.39 Å². The van der Waals surface area contributed by atoms with Gasteiger partial charge in [0.1, 0.15) is 6.33 Å². The van der Waals surface area contributed by atoms with E-state index in [2.05, 4.69) is 20.3 Å². The van der Waals surface area contributed by atoms with Crippen LogP contribution in [0.15, 0.2) is 24.7 Å². The number of anilines is 2. The average molecular weight is 474 g/mol. The van der Waals surface area contributed by atoms with Crippen LogP contribution >= 0.6 is 0 Å². The Morgan fingerprint density at radius 3 is 2.47 bits per heavy atom. The van der Waals surface area contributed by atoms with Crippen LogP contribution in [-0.4, -0.2) is 59.6 Å². The normalized spacial score (nSPS) is 17.8. The molecule has 0 aromatic carbocycles. The van der Waals surface area contributed by atoms with Gasteiger partial charge in [0.15, 0.2) is 11.6 Å². The highest BCUT2D eigenvalue weighted by Crippen LogP contribution is 2.35. The highest BCUT2D eigenvalue weighted by atomic mass is 32.2. The van der Waals surface area contributed by atoms with Crippen molar-refractivity contribution in [3.8, 4) is 0 Å². The number of alkyl halides is 3. The van der Waals surface area contributed by atoms with Crippen molar-refractivity contribution in [2.45, 2.75) is 31.6 Å². The van der Waals surface area contributed by atoms with Crippen LogP contribution in [0, 0.1) is 11.7 Å². The van der Waals surface area contributed by atoms with Crippen LogP contribution < -0.4 is 10.2 Å². The molecule has 2 fully saturated rings. The van der Waals surface area contributed by atoms with Crippen molar-refractivity contribution >= 4 is 21.7 Å². The highest BCUT2D eigenvalue weighted by Gasteiger charge is 2.35. The van der Waals surface area contributed by atoms with Gasteiger partial charge in [-0.3, -0.25) is 4.98 Å². The Labute approximate surface area is 182 Å². The lowest BCUT2D eigenvalue weighted by Gasteiger charge is -2.37. The van der Waals surface area contributed by atoms with Crippen LogP contribution in [0.3, 0.4) is 0 Å². The predicted molar refractivity (Wildman–Crippen MR) is 109 cm³/mol. The maximum absolute atomic E-state index is 15.2. The zero-order valence-electron chi connectivity index (χ0n) is 17.2. The molecule has 1 aliphatic carbocycles. The summed E-state index contributed by atoms with van der Waals surface area (Å²) in [7, 11) is -3.22. The molecule has 13 heteroatoms. The topological polar surface area (TPSA) is 91.3 Å². The molecule has 4 rings (SSSR count). The van der Waals surface area contributed by atoms with Crippen LogP contribution in [0.1, 0.15) is 24.1 Å². The Kier molecular flexibility index (Phi) is 5.96. The molecule has 2 aromatic heterocycles. The highest BCUT2D eigenvalue weighted by molar-refractivity contribution is 7.88. The van der Waals surface area contributed by atoms with Crippen molar-refractivity contribution < 1.29 is 26.0 Å². The van der Waals surface area contributed by atoms with Crippen molar-refractivity contribution in [2.24, 2.45) is 5.92 Å². The summed E-state index contributed by atoms with van der Waals surface area (Å²) in [6, 6.07) is 2.25.